The van der Waals surface area contributed by atoms with Gasteiger partial charge >= 0.3 is 0 Å². The summed E-state index contributed by atoms with van der Waals surface area (Å²) in [6.07, 6.45) is 0.898. The summed E-state index contributed by atoms with van der Waals surface area (Å²) in [4.78, 5) is 0. The summed E-state index contributed by atoms with van der Waals surface area (Å²) in [6.45, 7) is 12.0. The van der Waals surface area contributed by atoms with E-state index in [0.717, 1.165) is 6.42 Å². The van der Waals surface area contributed by atoms with Gasteiger partial charge in [-0.3, -0.25) is 9.09 Å². The molecule has 0 amide bonds. The molecule has 3 nitrogen and oxygen atoms in total. The average molecular weight is 248 g/mol. The molecule has 16 heavy (non-hydrogen) atoms. The lowest BCUT2D eigenvalue weighted by Crippen LogP contribution is -2.45. The minimum absolute atomic E-state index is 0.225. The van der Waals surface area contributed by atoms with Crippen LogP contribution in [0.15, 0.2) is 0 Å². The first-order chi connectivity index (χ1) is 7.26. The third-order valence-electron chi connectivity index (χ3n) is 3.74. The zero-order chi connectivity index (χ0) is 12.5. The molecular formula is C12H25O3P. The van der Waals surface area contributed by atoms with Gasteiger partial charge in [-0.1, -0.05) is 27.7 Å². The van der Waals surface area contributed by atoms with E-state index in [-0.39, 0.29) is 12.4 Å². The van der Waals surface area contributed by atoms with Crippen molar-refractivity contribution in [2.45, 2.75) is 46.5 Å². The van der Waals surface area contributed by atoms with Gasteiger partial charge in [0.1, 0.15) is 0 Å². The second-order valence-electron chi connectivity index (χ2n) is 5.39. The summed E-state index contributed by atoms with van der Waals surface area (Å²) in [6, 6.07) is 0. The maximum Gasteiger partial charge on any atom is 0.199 e. The van der Waals surface area contributed by atoms with Crippen molar-refractivity contribution < 1.29 is 13.8 Å². The monoisotopic (exact) mass is 248 g/mol. The summed E-state index contributed by atoms with van der Waals surface area (Å²) < 4.78 is 23.2. The Hall–Kier alpha value is 0.150. The highest BCUT2D eigenvalue weighted by Gasteiger charge is 2.40. The molecule has 1 saturated heterocycles. The van der Waals surface area contributed by atoms with Crippen molar-refractivity contribution in [1.82, 2.24) is 0 Å². The van der Waals surface area contributed by atoms with Crippen LogP contribution in [0.1, 0.15) is 34.1 Å². The van der Waals surface area contributed by atoms with E-state index in [0.29, 0.717) is 17.8 Å². The van der Waals surface area contributed by atoms with E-state index >= 15 is 0 Å². The van der Waals surface area contributed by atoms with Gasteiger partial charge < -0.3 is 4.74 Å². The topological polar surface area (TPSA) is 35.5 Å². The molecule has 1 rings (SSSR count). The van der Waals surface area contributed by atoms with E-state index in [2.05, 4.69) is 27.7 Å². The van der Waals surface area contributed by atoms with E-state index in [1.165, 1.54) is 0 Å². The van der Waals surface area contributed by atoms with E-state index in [4.69, 9.17) is 9.26 Å². The molecule has 1 fully saturated rings. The number of rotatable bonds is 3. The molecule has 0 bridgehead atoms. The van der Waals surface area contributed by atoms with Crippen LogP contribution in [0.3, 0.4) is 0 Å². The van der Waals surface area contributed by atoms with Crippen LogP contribution in [-0.2, 0) is 13.8 Å². The smallest absolute Gasteiger partial charge is 0.199 e. The maximum absolute atomic E-state index is 11.7. The standard InChI is InChI=1S/C12H25O3P/c1-7-11-9(3)8(2)10(4)12(14-11)15-16(5,6)13/h8-12H,7H2,1-6H3. The second-order valence-corrected chi connectivity index (χ2v) is 8.10. The Kier molecular flexibility index (Phi) is 4.62. The lowest BCUT2D eigenvalue weighted by Gasteiger charge is -2.43. The summed E-state index contributed by atoms with van der Waals surface area (Å²) in [5.74, 6) is 1.37. The Bertz CT molecular complexity index is 271. The fourth-order valence-electron chi connectivity index (χ4n) is 2.32. The maximum atomic E-state index is 11.7. The molecule has 0 N–H and O–H groups in total. The predicted molar refractivity (Wildman–Crippen MR) is 67.0 cm³/mol. The SMILES string of the molecule is CCC1OC(OP(C)(C)=O)C(C)C(C)C1C. The first kappa shape index (κ1) is 14.2. The largest absolute Gasteiger partial charge is 0.348 e. The minimum Gasteiger partial charge on any atom is -0.348 e. The number of ether oxygens (including phenoxy) is 1. The number of hydrogen-bond donors (Lipinski definition) is 0. The van der Waals surface area contributed by atoms with Gasteiger partial charge in [0.25, 0.3) is 0 Å². The number of hydrogen-bond acceptors (Lipinski definition) is 3. The van der Waals surface area contributed by atoms with Crippen molar-refractivity contribution >= 4 is 7.37 Å². The molecule has 5 atom stereocenters. The van der Waals surface area contributed by atoms with E-state index in [9.17, 15) is 4.57 Å². The van der Waals surface area contributed by atoms with Crippen molar-refractivity contribution in [3.63, 3.8) is 0 Å². The Balaban J connectivity index is 2.75. The van der Waals surface area contributed by atoms with Crippen LogP contribution in [0.5, 0.6) is 0 Å². The highest BCUT2D eigenvalue weighted by Crippen LogP contribution is 2.45. The Morgan fingerprint density at radius 2 is 1.69 bits per heavy atom. The van der Waals surface area contributed by atoms with Gasteiger partial charge in [-0.25, -0.2) is 0 Å². The molecule has 0 radical (unpaired) electrons. The third-order valence-corrected chi connectivity index (χ3v) is 4.46. The van der Waals surface area contributed by atoms with E-state index in [1.807, 2.05) is 0 Å². The van der Waals surface area contributed by atoms with Crippen LogP contribution < -0.4 is 0 Å². The quantitative estimate of drug-likeness (QED) is 0.716. The van der Waals surface area contributed by atoms with E-state index in [1.54, 1.807) is 13.3 Å². The van der Waals surface area contributed by atoms with Crippen LogP contribution in [0.25, 0.3) is 0 Å². The summed E-state index contributed by atoms with van der Waals surface area (Å²) >= 11 is 0. The van der Waals surface area contributed by atoms with Gasteiger partial charge in [0.15, 0.2) is 13.7 Å². The fraction of sp³-hybridized carbons (Fsp3) is 1.00. The Morgan fingerprint density at radius 3 is 2.12 bits per heavy atom. The minimum atomic E-state index is -2.48. The first-order valence-electron chi connectivity index (χ1n) is 6.15. The molecule has 0 aromatic heterocycles. The summed E-state index contributed by atoms with van der Waals surface area (Å²) in [5, 5.41) is 0. The third kappa shape index (κ3) is 3.32. The van der Waals surface area contributed by atoms with Crippen molar-refractivity contribution in [3.05, 3.63) is 0 Å². The summed E-state index contributed by atoms with van der Waals surface area (Å²) in [7, 11) is -2.48. The van der Waals surface area contributed by atoms with Crippen LogP contribution >= 0.6 is 7.37 Å². The highest BCUT2D eigenvalue weighted by molar-refractivity contribution is 7.57. The predicted octanol–water partition coefficient (Wildman–Crippen LogP) is 3.58. The second kappa shape index (κ2) is 5.20. The molecule has 0 saturated carbocycles. The van der Waals surface area contributed by atoms with Gasteiger partial charge in [0.05, 0.1) is 6.10 Å². The molecular weight excluding hydrogens is 223 g/mol. The van der Waals surface area contributed by atoms with Crippen LogP contribution in [0.2, 0.25) is 0 Å². The van der Waals surface area contributed by atoms with Crippen molar-refractivity contribution in [2.75, 3.05) is 13.3 Å². The average Bonchev–Trinajstić information content (AvgIpc) is 2.17. The van der Waals surface area contributed by atoms with Gasteiger partial charge in [-0.2, -0.15) is 0 Å². The molecule has 0 aromatic rings. The zero-order valence-corrected chi connectivity index (χ0v) is 12.2. The molecule has 1 aliphatic rings. The Morgan fingerprint density at radius 1 is 1.12 bits per heavy atom. The molecule has 4 heteroatoms. The van der Waals surface area contributed by atoms with Crippen molar-refractivity contribution in [2.24, 2.45) is 17.8 Å². The van der Waals surface area contributed by atoms with Crippen molar-refractivity contribution in [3.8, 4) is 0 Å². The first-order valence-corrected chi connectivity index (χ1v) is 8.67. The van der Waals surface area contributed by atoms with Gasteiger partial charge in [-0.15, -0.1) is 0 Å². The lowest BCUT2D eigenvalue weighted by atomic mass is 9.78. The zero-order valence-electron chi connectivity index (χ0n) is 11.3. The molecule has 5 unspecified atom stereocenters. The van der Waals surface area contributed by atoms with Crippen LogP contribution in [-0.4, -0.2) is 25.7 Å². The van der Waals surface area contributed by atoms with Gasteiger partial charge in [-0.05, 0) is 18.3 Å². The normalized spacial score (nSPS) is 41.0. The van der Waals surface area contributed by atoms with E-state index < -0.39 is 7.37 Å². The lowest BCUT2D eigenvalue weighted by molar-refractivity contribution is -0.210. The molecule has 96 valence electrons. The van der Waals surface area contributed by atoms with Crippen LogP contribution in [0, 0.1) is 17.8 Å². The summed E-state index contributed by atoms with van der Waals surface area (Å²) in [5.41, 5.74) is 0. The molecule has 0 aliphatic carbocycles. The molecule has 1 aliphatic heterocycles. The van der Waals surface area contributed by atoms with Crippen LogP contribution in [0.4, 0.5) is 0 Å². The van der Waals surface area contributed by atoms with Crippen molar-refractivity contribution in [1.29, 1.82) is 0 Å². The molecule has 1 heterocycles. The Labute approximate surface area is 99.4 Å². The molecule has 0 spiro atoms. The van der Waals surface area contributed by atoms with Gasteiger partial charge in [0, 0.05) is 19.2 Å². The fourth-order valence-corrected chi connectivity index (χ4v) is 3.07. The highest BCUT2D eigenvalue weighted by atomic mass is 31.2. The van der Waals surface area contributed by atoms with Gasteiger partial charge in [0.2, 0.25) is 0 Å². The molecule has 0 aromatic carbocycles.